The van der Waals surface area contributed by atoms with Crippen LogP contribution in [0.15, 0.2) is 17.2 Å². The number of carbonyl (C=O) groups excluding carboxylic acids is 1. The first-order valence-electron chi connectivity index (χ1n) is 9.48. The van der Waals surface area contributed by atoms with Gasteiger partial charge in [-0.2, -0.15) is 5.10 Å². The lowest BCUT2D eigenvalue weighted by molar-refractivity contribution is -0.134. The number of carbonyl (C=O) groups is 1. The third-order valence-electron chi connectivity index (χ3n) is 5.45. The van der Waals surface area contributed by atoms with Gasteiger partial charge in [-0.25, -0.2) is 5.01 Å². The number of nitrogens with zero attached hydrogens (tertiary/aromatic N) is 2. The van der Waals surface area contributed by atoms with Crippen molar-refractivity contribution in [3.05, 3.63) is 23.3 Å². The number of rotatable bonds is 3. The molecule has 0 spiro atoms. The number of hydrogen-bond donors (Lipinski definition) is 1. The molecule has 0 aliphatic carbocycles. The van der Waals surface area contributed by atoms with E-state index in [1.54, 1.807) is 12.1 Å². The number of nitrogens with one attached hydrogen (secondary N) is 1. The molecule has 3 aliphatic rings. The maximum atomic E-state index is 12.5. The lowest BCUT2D eigenvalue weighted by Crippen LogP contribution is -2.45. The molecule has 4 rings (SSSR count). The number of fused-ring (bicyclic) bond motifs is 1. The molecule has 0 saturated carbocycles. The largest absolute Gasteiger partial charge is 0.493 e. The fourth-order valence-corrected chi connectivity index (χ4v) is 4.16. The number of ether oxygens (including phenoxy) is 2. The highest BCUT2D eigenvalue weighted by atomic mass is 16.5. The maximum absolute atomic E-state index is 12.5. The van der Waals surface area contributed by atoms with E-state index >= 15 is 0 Å². The smallest absolute Gasteiger partial charge is 0.243 e. The van der Waals surface area contributed by atoms with Gasteiger partial charge in [-0.15, -0.1) is 0 Å². The van der Waals surface area contributed by atoms with Gasteiger partial charge in [0.15, 0.2) is 11.5 Å². The minimum atomic E-state index is -0.258. The summed E-state index contributed by atoms with van der Waals surface area (Å²) >= 11 is 0. The minimum Gasteiger partial charge on any atom is -0.493 e. The van der Waals surface area contributed by atoms with Gasteiger partial charge in [-0.3, -0.25) is 4.79 Å². The summed E-state index contributed by atoms with van der Waals surface area (Å²) in [5, 5.41) is 9.91. The zero-order valence-electron chi connectivity index (χ0n) is 15.8. The van der Waals surface area contributed by atoms with Gasteiger partial charge in [0.2, 0.25) is 5.91 Å². The van der Waals surface area contributed by atoms with Gasteiger partial charge in [0.25, 0.3) is 0 Å². The van der Waals surface area contributed by atoms with Gasteiger partial charge in [0.1, 0.15) is 5.60 Å². The molecule has 0 aromatic heterocycles. The molecule has 1 aromatic carbocycles. The molecule has 3 aliphatic heterocycles. The van der Waals surface area contributed by atoms with Crippen LogP contribution in [0.25, 0.3) is 0 Å². The van der Waals surface area contributed by atoms with E-state index in [2.05, 4.69) is 25.2 Å². The van der Waals surface area contributed by atoms with E-state index in [1.165, 1.54) is 0 Å². The first-order valence-corrected chi connectivity index (χ1v) is 9.48. The van der Waals surface area contributed by atoms with E-state index in [0.29, 0.717) is 12.8 Å². The van der Waals surface area contributed by atoms with E-state index in [9.17, 15) is 4.79 Å². The molecule has 0 atom stereocenters. The highest BCUT2D eigenvalue weighted by Gasteiger charge is 2.36. The first-order chi connectivity index (χ1) is 12.5. The molecule has 6 heteroatoms. The summed E-state index contributed by atoms with van der Waals surface area (Å²) in [4.78, 5) is 12.5. The lowest BCUT2D eigenvalue weighted by Gasteiger charge is -2.34. The van der Waals surface area contributed by atoms with Crippen LogP contribution in [0, 0.1) is 0 Å². The van der Waals surface area contributed by atoms with Gasteiger partial charge in [-0.05, 0) is 51.9 Å². The van der Waals surface area contributed by atoms with Crippen molar-refractivity contribution in [2.45, 2.75) is 57.6 Å². The highest BCUT2D eigenvalue weighted by Crippen LogP contribution is 2.44. The number of hydrogen-bond acceptors (Lipinski definition) is 5. The average molecular weight is 357 g/mol. The Labute approximate surface area is 154 Å². The molecule has 1 aromatic rings. The number of amides is 1. The van der Waals surface area contributed by atoms with Gasteiger partial charge in [0, 0.05) is 30.4 Å². The van der Waals surface area contributed by atoms with Crippen molar-refractivity contribution in [1.29, 1.82) is 0 Å². The zero-order valence-corrected chi connectivity index (χ0v) is 15.8. The molecule has 3 heterocycles. The monoisotopic (exact) mass is 357 g/mol. The molecule has 6 nitrogen and oxygen atoms in total. The van der Waals surface area contributed by atoms with E-state index in [-0.39, 0.29) is 17.6 Å². The Hall–Kier alpha value is -2.08. The third kappa shape index (κ3) is 3.07. The van der Waals surface area contributed by atoms with E-state index in [0.717, 1.165) is 60.7 Å². The van der Waals surface area contributed by atoms with Crippen molar-refractivity contribution >= 4 is 11.6 Å². The van der Waals surface area contributed by atoms with E-state index in [1.807, 2.05) is 6.07 Å². The second-order valence-electron chi connectivity index (χ2n) is 7.93. The molecule has 0 bridgehead atoms. The SMILES string of the molecule is COc1ccc(C2=NN(C3CCNCC3)C(=O)CC2)c2c1OC(C)(C)C2. The van der Waals surface area contributed by atoms with Crippen LogP contribution in [-0.2, 0) is 11.2 Å². The van der Waals surface area contributed by atoms with Gasteiger partial charge in [0.05, 0.1) is 18.9 Å². The minimum absolute atomic E-state index is 0.141. The van der Waals surface area contributed by atoms with Crippen molar-refractivity contribution in [2.24, 2.45) is 5.10 Å². The van der Waals surface area contributed by atoms with Crippen molar-refractivity contribution < 1.29 is 14.3 Å². The Morgan fingerprint density at radius 3 is 2.77 bits per heavy atom. The summed E-state index contributed by atoms with van der Waals surface area (Å²) in [7, 11) is 1.67. The van der Waals surface area contributed by atoms with Crippen LogP contribution in [0.3, 0.4) is 0 Å². The summed E-state index contributed by atoms with van der Waals surface area (Å²) in [6.45, 7) is 6.06. The van der Waals surface area contributed by atoms with Gasteiger partial charge >= 0.3 is 0 Å². The molecular weight excluding hydrogens is 330 g/mol. The van der Waals surface area contributed by atoms with Crippen LogP contribution in [0.2, 0.25) is 0 Å². The quantitative estimate of drug-likeness (QED) is 0.903. The zero-order chi connectivity index (χ0) is 18.3. The molecule has 0 unspecified atom stereocenters. The van der Waals surface area contributed by atoms with Crippen LogP contribution >= 0.6 is 0 Å². The second kappa shape index (κ2) is 6.58. The molecule has 1 saturated heterocycles. The highest BCUT2D eigenvalue weighted by molar-refractivity contribution is 6.06. The molecule has 1 fully saturated rings. The number of hydrazone groups is 1. The van der Waals surface area contributed by atoms with Crippen molar-refractivity contribution in [3.63, 3.8) is 0 Å². The van der Waals surface area contributed by atoms with Crippen LogP contribution in [0.1, 0.15) is 50.7 Å². The number of piperidine rings is 1. The van der Waals surface area contributed by atoms with Crippen molar-refractivity contribution in [1.82, 2.24) is 10.3 Å². The number of methoxy groups -OCH3 is 1. The lowest BCUT2D eigenvalue weighted by atomic mass is 9.92. The predicted octanol–water partition coefficient (Wildman–Crippen LogP) is 2.49. The normalized spacial score (nSPS) is 22.7. The van der Waals surface area contributed by atoms with Crippen LogP contribution in [0.5, 0.6) is 11.5 Å². The van der Waals surface area contributed by atoms with E-state index < -0.39 is 0 Å². The summed E-state index contributed by atoms with van der Waals surface area (Å²) in [6.07, 6.45) is 3.93. The molecule has 1 amide bonds. The van der Waals surface area contributed by atoms with Crippen molar-refractivity contribution in [3.8, 4) is 11.5 Å². The summed E-state index contributed by atoms with van der Waals surface area (Å²) in [5.74, 6) is 1.72. The van der Waals surface area contributed by atoms with Crippen LogP contribution in [-0.4, -0.2) is 48.5 Å². The summed E-state index contributed by atoms with van der Waals surface area (Å²) < 4.78 is 11.6. The fourth-order valence-electron chi connectivity index (χ4n) is 4.16. The standard InChI is InChI=1S/C20H27N3O3/c1-20(2)12-15-14(4-6-17(25-3)19(15)26-20)16-5-7-18(24)23(22-16)13-8-10-21-11-9-13/h4,6,13,21H,5,7-12H2,1-3H3. The molecule has 26 heavy (non-hydrogen) atoms. The van der Waals surface area contributed by atoms with Crippen molar-refractivity contribution in [2.75, 3.05) is 20.2 Å². The second-order valence-corrected chi connectivity index (χ2v) is 7.93. The van der Waals surface area contributed by atoms with Gasteiger partial charge < -0.3 is 14.8 Å². The molecule has 0 radical (unpaired) electrons. The molecule has 1 N–H and O–H groups in total. The summed E-state index contributed by atoms with van der Waals surface area (Å²) in [6, 6.07) is 4.22. The Morgan fingerprint density at radius 1 is 1.27 bits per heavy atom. The third-order valence-corrected chi connectivity index (χ3v) is 5.45. The average Bonchev–Trinajstić information content (AvgIpc) is 2.97. The van der Waals surface area contributed by atoms with Gasteiger partial charge in [-0.1, -0.05) is 0 Å². The molecular formula is C20H27N3O3. The predicted molar refractivity (Wildman–Crippen MR) is 99.9 cm³/mol. The van der Waals surface area contributed by atoms with Crippen LogP contribution < -0.4 is 14.8 Å². The summed E-state index contributed by atoms with van der Waals surface area (Å²) in [5.41, 5.74) is 2.97. The first kappa shape index (κ1) is 17.3. The Balaban J connectivity index is 1.71. The maximum Gasteiger partial charge on any atom is 0.243 e. The number of benzene rings is 1. The Morgan fingerprint density at radius 2 is 2.04 bits per heavy atom. The van der Waals surface area contributed by atoms with Crippen LogP contribution in [0.4, 0.5) is 0 Å². The topological polar surface area (TPSA) is 63.2 Å². The molecule has 140 valence electrons. The van der Waals surface area contributed by atoms with E-state index in [4.69, 9.17) is 14.6 Å². The fraction of sp³-hybridized carbons (Fsp3) is 0.600. The Kier molecular flexibility index (Phi) is 4.39. The Bertz CT molecular complexity index is 751.